The maximum absolute atomic E-state index is 12.3. The number of imidazole rings is 1. The van der Waals surface area contributed by atoms with Gasteiger partial charge in [-0.2, -0.15) is 4.98 Å². The Labute approximate surface area is 167 Å². The lowest BCUT2D eigenvalue weighted by atomic mass is 10.1. The van der Waals surface area contributed by atoms with Crippen LogP contribution >= 0.6 is 18.6 Å². The Bertz CT molecular complexity index is 955. The molecule has 3 heterocycles. The third kappa shape index (κ3) is 4.31. The molecule has 0 aliphatic carbocycles. The first-order valence-corrected chi connectivity index (χ1v) is 13.3. The third-order valence-electron chi connectivity index (χ3n) is 4.58. The Morgan fingerprint density at radius 3 is 2.71 bits per heavy atom. The maximum atomic E-state index is 12.3. The Kier molecular flexibility index (Phi) is 6.26. The van der Waals surface area contributed by atoms with E-state index in [2.05, 4.69) is 34.6 Å². The summed E-state index contributed by atoms with van der Waals surface area (Å²) in [6, 6.07) is 0. The molecule has 1 aliphatic heterocycles. The molecule has 0 amide bonds. The Morgan fingerprint density at radius 2 is 2.07 bits per heavy atom. The molecule has 1 fully saturated rings. The van der Waals surface area contributed by atoms with Crippen molar-refractivity contribution in [3.05, 3.63) is 10.4 Å². The number of aliphatic hydroxyl groups excluding tert-OH is 2. The van der Waals surface area contributed by atoms with Crippen molar-refractivity contribution in [2.75, 3.05) is 31.0 Å². The lowest BCUT2D eigenvalue weighted by Crippen LogP contribution is -2.32. The molecule has 2 aromatic rings. The zero-order valence-electron chi connectivity index (χ0n) is 16.3. The molecule has 0 radical (unpaired) electrons. The Hall–Kier alpha value is -1.32. The molecule has 2 aromatic heterocycles. The van der Waals surface area contributed by atoms with Crippen molar-refractivity contribution in [1.29, 1.82) is 0 Å². The summed E-state index contributed by atoms with van der Waals surface area (Å²) in [5, 5.41) is 21.7. The first kappa shape index (κ1) is 21.4. The highest BCUT2D eigenvalue weighted by Gasteiger charge is 2.45. The van der Waals surface area contributed by atoms with Crippen LogP contribution in [0.1, 0.15) is 26.0 Å². The minimum atomic E-state index is -1.29. The van der Waals surface area contributed by atoms with E-state index in [4.69, 9.17) is 10.5 Å². The number of fused-ring (bicyclic) bond motifs is 1. The fourth-order valence-electron chi connectivity index (χ4n) is 3.16. The van der Waals surface area contributed by atoms with Gasteiger partial charge in [0.1, 0.15) is 12.2 Å². The van der Waals surface area contributed by atoms with Crippen LogP contribution in [0.15, 0.2) is 9.95 Å². The molecule has 156 valence electrons. The van der Waals surface area contributed by atoms with Gasteiger partial charge >= 0.3 is 0 Å². The molecule has 0 saturated carbocycles. The molecule has 4 atom stereocenters. The topological polar surface area (TPSA) is 139 Å². The highest BCUT2D eigenvalue weighted by atomic mass is 32.2. The molecule has 11 heteroatoms. The van der Waals surface area contributed by atoms with Crippen LogP contribution in [0.4, 0.5) is 5.95 Å². The van der Waals surface area contributed by atoms with Gasteiger partial charge in [0.25, 0.3) is 5.56 Å². The van der Waals surface area contributed by atoms with E-state index >= 15 is 0 Å². The fourth-order valence-corrected chi connectivity index (χ4v) is 4.99. The van der Waals surface area contributed by atoms with Gasteiger partial charge < -0.3 is 20.7 Å². The van der Waals surface area contributed by atoms with Gasteiger partial charge in [-0.15, -0.1) is 13.2 Å². The molecule has 0 unspecified atom stereocenters. The van der Waals surface area contributed by atoms with E-state index in [1.54, 1.807) is 4.57 Å². The number of ether oxygens (including phenoxy) is 1. The standard InChI is InChI=1S/C17H28N5O4PS/c1-5-8-28-17-19-10-13(20-16(18)21-14(10)25)22(17)15-12(24)11(23)9(26-15)6-7-27(2,3)4/h9,11-12,15,23-24H,2,5-8H2,1,3-4H3,(H3,18,20,21,25)/t9-,11-,12-,15-/m1/s1. The van der Waals surface area contributed by atoms with Crippen molar-refractivity contribution in [3.8, 4) is 0 Å². The first-order chi connectivity index (χ1) is 13.1. The van der Waals surface area contributed by atoms with Gasteiger partial charge in [0.05, 0.1) is 6.10 Å². The van der Waals surface area contributed by atoms with E-state index in [0.29, 0.717) is 11.6 Å². The summed E-state index contributed by atoms with van der Waals surface area (Å²) < 4.78 is 7.62. The molecular weight excluding hydrogens is 401 g/mol. The van der Waals surface area contributed by atoms with Gasteiger partial charge in [0, 0.05) is 5.75 Å². The number of nitrogens with two attached hydrogens (primary N) is 1. The minimum Gasteiger partial charge on any atom is -0.388 e. The summed E-state index contributed by atoms with van der Waals surface area (Å²) in [5.74, 6) is 0.727. The molecular formula is C17H28N5O4PS. The summed E-state index contributed by atoms with van der Waals surface area (Å²) >= 11 is 1.44. The molecule has 28 heavy (non-hydrogen) atoms. The zero-order chi connectivity index (χ0) is 20.6. The second kappa shape index (κ2) is 8.20. The molecule has 3 rings (SSSR count). The SMILES string of the molecule is C=P(C)(C)CC[C@H]1O[C@@H](n2c(SCCC)nc3c(=O)[nH]c(N)nc32)[C@H](O)[C@@H]1O. The van der Waals surface area contributed by atoms with Crippen LogP contribution < -0.4 is 11.3 Å². The third-order valence-corrected chi connectivity index (χ3v) is 7.21. The van der Waals surface area contributed by atoms with Crippen LogP contribution in [-0.2, 0) is 4.74 Å². The van der Waals surface area contributed by atoms with Crippen molar-refractivity contribution in [3.63, 3.8) is 0 Å². The molecule has 1 saturated heterocycles. The second-order valence-electron chi connectivity index (χ2n) is 7.73. The van der Waals surface area contributed by atoms with Crippen molar-refractivity contribution in [2.45, 2.75) is 49.5 Å². The zero-order valence-corrected chi connectivity index (χ0v) is 18.0. The van der Waals surface area contributed by atoms with Crippen molar-refractivity contribution in [2.24, 2.45) is 0 Å². The molecule has 0 bridgehead atoms. The van der Waals surface area contributed by atoms with E-state index < -0.39 is 37.0 Å². The van der Waals surface area contributed by atoms with Crippen LogP contribution in [0.3, 0.4) is 0 Å². The summed E-state index contributed by atoms with van der Waals surface area (Å²) in [4.78, 5) is 23.3. The Morgan fingerprint density at radius 1 is 1.36 bits per heavy atom. The van der Waals surface area contributed by atoms with Crippen LogP contribution in [0.5, 0.6) is 0 Å². The highest BCUT2D eigenvalue weighted by Crippen LogP contribution is 2.40. The summed E-state index contributed by atoms with van der Waals surface area (Å²) in [6.45, 7) is 4.97. The number of aliphatic hydroxyl groups is 2. The highest BCUT2D eigenvalue weighted by molar-refractivity contribution is 7.99. The average molecular weight is 429 g/mol. The quantitative estimate of drug-likeness (QED) is 0.376. The number of hydrogen-bond donors (Lipinski definition) is 4. The number of H-pyrrole nitrogens is 1. The van der Waals surface area contributed by atoms with Gasteiger partial charge in [-0.05, 0) is 32.3 Å². The number of aromatic nitrogens is 4. The monoisotopic (exact) mass is 429 g/mol. The smallest absolute Gasteiger partial charge is 0.280 e. The average Bonchev–Trinajstić information content (AvgIpc) is 3.09. The number of nitrogens with one attached hydrogen (secondary N) is 1. The summed E-state index contributed by atoms with van der Waals surface area (Å²) in [7, 11) is 0. The number of anilines is 1. The van der Waals surface area contributed by atoms with Gasteiger partial charge in [0.2, 0.25) is 5.95 Å². The van der Waals surface area contributed by atoms with E-state index in [1.807, 2.05) is 6.92 Å². The number of rotatable bonds is 7. The summed E-state index contributed by atoms with van der Waals surface area (Å²) in [6.07, 6.45) is 2.88. The predicted molar refractivity (Wildman–Crippen MR) is 115 cm³/mol. The fraction of sp³-hybridized carbons (Fsp3) is 0.647. The number of nitrogens with zero attached hydrogens (tertiary/aromatic N) is 3. The van der Waals surface area contributed by atoms with Crippen molar-refractivity contribution < 1.29 is 14.9 Å². The van der Waals surface area contributed by atoms with Gasteiger partial charge in [-0.25, -0.2) is 4.98 Å². The molecule has 5 N–H and O–H groups in total. The van der Waals surface area contributed by atoms with E-state index in [0.717, 1.165) is 18.3 Å². The van der Waals surface area contributed by atoms with Crippen LogP contribution in [0, 0.1) is 0 Å². The van der Waals surface area contributed by atoms with Crippen LogP contribution in [0.2, 0.25) is 0 Å². The predicted octanol–water partition coefficient (Wildman–Crippen LogP) is 0.922. The Balaban J connectivity index is 2.01. The van der Waals surface area contributed by atoms with Gasteiger partial charge in [-0.3, -0.25) is 14.3 Å². The number of thioether (sulfide) groups is 1. The van der Waals surface area contributed by atoms with E-state index in [-0.39, 0.29) is 17.1 Å². The van der Waals surface area contributed by atoms with Crippen molar-refractivity contribution >= 4 is 42.1 Å². The van der Waals surface area contributed by atoms with Crippen molar-refractivity contribution in [1.82, 2.24) is 19.5 Å². The van der Waals surface area contributed by atoms with E-state index in [1.165, 1.54) is 11.8 Å². The molecule has 0 aromatic carbocycles. The van der Waals surface area contributed by atoms with Gasteiger partial charge in [-0.1, -0.05) is 18.7 Å². The summed E-state index contributed by atoms with van der Waals surface area (Å²) in [5.41, 5.74) is 5.63. The number of hydrogen-bond acceptors (Lipinski definition) is 8. The second-order valence-corrected chi connectivity index (χ2v) is 13.1. The molecule has 0 spiro atoms. The first-order valence-electron chi connectivity index (χ1n) is 9.22. The largest absolute Gasteiger partial charge is 0.388 e. The van der Waals surface area contributed by atoms with E-state index in [9.17, 15) is 15.0 Å². The number of nitrogen functional groups attached to an aromatic ring is 1. The number of aromatic amines is 1. The maximum Gasteiger partial charge on any atom is 0.280 e. The molecule has 9 nitrogen and oxygen atoms in total. The molecule has 1 aliphatic rings. The van der Waals surface area contributed by atoms with Crippen LogP contribution in [0.25, 0.3) is 11.2 Å². The van der Waals surface area contributed by atoms with Crippen LogP contribution in [-0.4, -0.2) is 79.6 Å². The van der Waals surface area contributed by atoms with Gasteiger partial charge in [0.15, 0.2) is 22.5 Å². The lowest BCUT2D eigenvalue weighted by molar-refractivity contribution is -0.0400. The minimum absolute atomic E-state index is 0.0427. The lowest BCUT2D eigenvalue weighted by Gasteiger charge is -2.19. The normalized spacial score (nSPS) is 25.6.